The zero-order valence-electron chi connectivity index (χ0n) is 5.64. The highest BCUT2D eigenvalue weighted by atomic mass is 15.0. The Kier molecular flexibility index (Phi) is 1.24. The quantitative estimate of drug-likeness (QED) is 0.556. The highest BCUT2D eigenvalue weighted by molar-refractivity contribution is 4.93. The Morgan fingerprint density at radius 3 is 2.22 bits per heavy atom. The first-order valence-electron chi connectivity index (χ1n) is 3.86. The lowest BCUT2D eigenvalue weighted by Crippen LogP contribution is -2.49. The van der Waals surface area contributed by atoms with E-state index >= 15 is 0 Å². The van der Waals surface area contributed by atoms with E-state index < -0.39 is 0 Å². The van der Waals surface area contributed by atoms with Crippen molar-refractivity contribution in [2.24, 2.45) is 5.73 Å². The molecule has 0 atom stereocenters. The van der Waals surface area contributed by atoms with Crippen LogP contribution in [-0.2, 0) is 0 Å². The van der Waals surface area contributed by atoms with Crippen LogP contribution in [0.2, 0.25) is 0 Å². The smallest absolute Gasteiger partial charge is 0.00991 e. The molecule has 0 heterocycles. The molecule has 0 bridgehead atoms. The first kappa shape index (κ1) is 5.69. The summed E-state index contributed by atoms with van der Waals surface area (Å²) in [5.74, 6) is 0. The van der Waals surface area contributed by atoms with Gasteiger partial charge in [0.15, 0.2) is 0 Å². The van der Waals surface area contributed by atoms with E-state index in [9.17, 15) is 0 Å². The maximum absolute atomic E-state index is 5.63. The normalized spacial score (nSPS) is 42.3. The third-order valence-electron chi connectivity index (χ3n) is 2.22. The molecule has 2 aliphatic rings. The van der Waals surface area contributed by atoms with Crippen molar-refractivity contribution in [3.05, 3.63) is 0 Å². The van der Waals surface area contributed by atoms with E-state index in [1.165, 1.54) is 25.7 Å². The van der Waals surface area contributed by atoms with Gasteiger partial charge in [-0.25, -0.2) is 0 Å². The molecule has 0 spiro atoms. The molecule has 52 valence electrons. The van der Waals surface area contributed by atoms with Crippen LogP contribution in [-0.4, -0.2) is 18.1 Å². The van der Waals surface area contributed by atoms with Gasteiger partial charge in [0.2, 0.25) is 0 Å². The molecule has 2 rings (SSSR count). The predicted molar refractivity (Wildman–Crippen MR) is 37.2 cm³/mol. The second-order valence-corrected chi connectivity index (χ2v) is 3.37. The van der Waals surface area contributed by atoms with E-state index in [1.54, 1.807) is 0 Å². The standard InChI is InChI=1S/C7H14N2/c8-5-3-7(4-5)9-6-1-2-6/h5-7,9H,1-4,8H2. The Labute approximate surface area is 55.8 Å². The minimum atomic E-state index is 0.501. The fraction of sp³-hybridized carbons (Fsp3) is 1.00. The van der Waals surface area contributed by atoms with Gasteiger partial charge in [-0.2, -0.15) is 0 Å². The summed E-state index contributed by atoms with van der Waals surface area (Å²) in [7, 11) is 0. The second-order valence-electron chi connectivity index (χ2n) is 3.37. The number of hydrogen-bond acceptors (Lipinski definition) is 2. The van der Waals surface area contributed by atoms with Crippen molar-refractivity contribution in [3.63, 3.8) is 0 Å². The van der Waals surface area contributed by atoms with Gasteiger partial charge in [-0.05, 0) is 25.7 Å². The van der Waals surface area contributed by atoms with Crippen molar-refractivity contribution in [2.75, 3.05) is 0 Å². The van der Waals surface area contributed by atoms with Crippen LogP contribution in [0, 0.1) is 0 Å². The third-order valence-corrected chi connectivity index (χ3v) is 2.22. The van der Waals surface area contributed by atoms with Gasteiger partial charge in [-0.15, -0.1) is 0 Å². The summed E-state index contributed by atoms with van der Waals surface area (Å²) in [6.45, 7) is 0. The minimum absolute atomic E-state index is 0.501. The molecule has 0 radical (unpaired) electrons. The van der Waals surface area contributed by atoms with E-state index in [4.69, 9.17) is 5.73 Å². The van der Waals surface area contributed by atoms with Crippen LogP contribution < -0.4 is 11.1 Å². The van der Waals surface area contributed by atoms with Crippen molar-refractivity contribution in [2.45, 2.75) is 43.8 Å². The lowest BCUT2D eigenvalue weighted by molar-refractivity contribution is 0.290. The van der Waals surface area contributed by atoms with Crippen molar-refractivity contribution in [1.82, 2.24) is 5.32 Å². The molecule has 2 saturated carbocycles. The maximum Gasteiger partial charge on any atom is 0.00991 e. The molecule has 2 aliphatic carbocycles. The minimum Gasteiger partial charge on any atom is -0.328 e. The Morgan fingerprint density at radius 1 is 1.11 bits per heavy atom. The summed E-state index contributed by atoms with van der Waals surface area (Å²) in [5, 5.41) is 3.54. The fourth-order valence-corrected chi connectivity index (χ4v) is 1.38. The zero-order valence-corrected chi connectivity index (χ0v) is 5.64. The van der Waals surface area contributed by atoms with Gasteiger partial charge < -0.3 is 11.1 Å². The first-order chi connectivity index (χ1) is 4.34. The Morgan fingerprint density at radius 2 is 1.78 bits per heavy atom. The third kappa shape index (κ3) is 1.25. The Bertz CT molecular complexity index is 103. The molecule has 0 unspecified atom stereocenters. The fourth-order valence-electron chi connectivity index (χ4n) is 1.38. The summed E-state index contributed by atoms with van der Waals surface area (Å²) < 4.78 is 0. The number of hydrogen-bond donors (Lipinski definition) is 2. The molecule has 0 aromatic rings. The van der Waals surface area contributed by atoms with Gasteiger partial charge in [0.05, 0.1) is 0 Å². The molecule has 2 fully saturated rings. The van der Waals surface area contributed by atoms with Gasteiger partial charge in [0, 0.05) is 18.1 Å². The van der Waals surface area contributed by atoms with Gasteiger partial charge in [0.1, 0.15) is 0 Å². The summed E-state index contributed by atoms with van der Waals surface area (Å²) in [4.78, 5) is 0. The molecule has 0 aromatic carbocycles. The largest absolute Gasteiger partial charge is 0.328 e. The maximum atomic E-state index is 5.63. The van der Waals surface area contributed by atoms with Crippen molar-refractivity contribution >= 4 is 0 Å². The molecular formula is C7H14N2. The van der Waals surface area contributed by atoms with Gasteiger partial charge in [0.25, 0.3) is 0 Å². The number of nitrogens with one attached hydrogen (secondary N) is 1. The van der Waals surface area contributed by atoms with Crippen LogP contribution >= 0.6 is 0 Å². The Hall–Kier alpha value is -0.0800. The van der Waals surface area contributed by atoms with Gasteiger partial charge in [-0.1, -0.05) is 0 Å². The summed E-state index contributed by atoms with van der Waals surface area (Å²) in [6, 6.07) is 2.14. The lowest BCUT2D eigenvalue weighted by atomic mass is 9.88. The molecule has 2 nitrogen and oxygen atoms in total. The average molecular weight is 126 g/mol. The SMILES string of the molecule is NC1CC(NC2CC2)C1. The second kappa shape index (κ2) is 1.96. The van der Waals surface area contributed by atoms with Crippen LogP contribution in [0.1, 0.15) is 25.7 Å². The number of rotatable bonds is 2. The van der Waals surface area contributed by atoms with Gasteiger partial charge >= 0.3 is 0 Å². The van der Waals surface area contributed by atoms with Gasteiger partial charge in [-0.3, -0.25) is 0 Å². The molecule has 9 heavy (non-hydrogen) atoms. The van der Waals surface area contributed by atoms with Crippen molar-refractivity contribution in [3.8, 4) is 0 Å². The Balaban J connectivity index is 1.64. The first-order valence-corrected chi connectivity index (χ1v) is 3.86. The van der Waals surface area contributed by atoms with Crippen molar-refractivity contribution in [1.29, 1.82) is 0 Å². The van der Waals surface area contributed by atoms with Crippen molar-refractivity contribution < 1.29 is 0 Å². The molecule has 0 aromatic heterocycles. The van der Waals surface area contributed by atoms with Crippen LogP contribution in [0.4, 0.5) is 0 Å². The average Bonchev–Trinajstić information content (AvgIpc) is 2.45. The molecule has 2 heteroatoms. The van der Waals surface area contributed by atoms with Crippen LogP contribution in [0.3, 0.4) is 0 Å². The van der Waals surface area contributed by atoms with E-state index in [-0.39, 0.29) is 0 Å². The summed E-state index contributed by atoms with van der Waals surface area (Å²) in [6.07, 6.45) is 5.20. The summed E-state index contributed by atoms with van der Waals surface area (Å²) in [5.41, 5.74) is 5.63. The van der Waals surface area contributed by atoms with E-state index in [1.807, 2.05) is 0 Å². The predicted octanol–water partition coefficient (Wildman–Crippen LogP) is 0.228. The van der Waals surface area contributed by atoms with Crippen LogP contribution in [0.15, 0.2) is 0 Å². The molecule has 3 N–H and O–H groups in total. The molecule has 0 saturated heterocycles. The molecule has 0 amide bonds. The summed E-state index contributed by atoms with van der Waals surface area (Å²) >= 11 is 0. The number of nitrogens with two attached hydrogens (primary N) is 1. The van der Waals surface area contributed by atoms with E-state index in [2.05, 4.69) is 5.32 Å². The van der Waals surface area contributed by atoms with Crippen LogP contribution in [0.25, 0.3) is 0 Å². The van der Waals surface area contributed by atoms with E-state index in [0.717, 1.165) is 12.1 Å². The highest BCUT2D eigenvalue weighted by Crippen LogP contribution is 2.25. The lowest BCUT2D eigenvalue weighted by Gasteiger charge is -2.33. The highest BCUT2D eigenvalue weighted by Gasteiger charge is 2.31. The molecular weight excluding hydrogens is 112 g/mol. The monoisotopic (exact) mass is 126 g/mol. The topological polar surface area (TPSA) is 38.0 Å². The molecule has 0 aliphatic heterocycles. The van der Waals surface area contributed by atoms with Crippen LogP contribution in [0.5, 0.6) is 0 Å². The van der Waals surface area contributed by atoms with E-state index in [0.29, 0.717) is 6.04 Å². The zero-order chi connectivity index (χ0) is 6.27.